The number of aromatic hydroxyl groups is 1. The van der Waals surface area contributed by atoms with Crippen molar-refractivity contribution in [2.45, 2.75) is 39.4 Å². The number of piperidine rings is 1. The Kier molecular flexibility index (Phi) is 6.34. The van der Waals surface area contributed by atoms with Crippen LogP contribution in [0.5, 0.6) is 5.75 Å². The Hall–Kier alpha value is -2.70. The molecule has 2 amide bonds. The Bertz CT molecular complexity index is 1180. The van der Waals surface area contributed by atoms with Crippen LogP contribution < -0.4 is 15.8 Å². The van der Waals surface area contributed by atoms with Crippen LogP contribution in [0, 0.1) is 21.1 Å². The van der Waals surface area contributed by atoms with E-state index >= 15 is 0 Å². The molecule has 11 heteroatoms. The smallest absolute Gasteiger partial charge is 0.278 e. The molecule has 1 fully saturated rings. The molecule has 1 aromatic heterocycles. The molecule has 1 saturated heterocycles. The van der Waals surface area contributed by atoms with E-state index in [-0.39, 0.29) is 33.1 Å². The molecule has 0 bridgehead atoms. The number of halogens is 3. The van der Waals surface area contributed by atoms with Gasteiger partial charge in [0.2, 0.25) is 5.43 Å². The molecule has 0 radical (unpaired) electrons. The van der Waals surface area contributed by atoms with Crippen molar-refractivity contribution in [1.29, 1.82) is 0 Å². The minimum absolute atomic E-state index is 0.0753. The van der Waals surface area contributed by atoms with E-state index in [1.165, 1.54) is 10.9 Å². The SMILES string of the molecule is CCN1C(=O)c2c(O)c(=O)c(C(=O)NCc3c(F)cc(F)cc3I)cn2N2C[C@@H](C)CC[C@@H]12. The molecular weight excluding hydrogens is 549 g/mol. The van der Waals surface area contributed by atoms with Gasteiger partial charge >= 0.3 is 0 Å². The number of aromatic nitrogens is 1. The Morgan fingerprint density at radius 1 is 1.27 bits per heavy atom. The standard InChI is InChI=1S/C22H23F2IN4O4/c1-3-27-17-5-4-11(2)9-28(17)29-10-14(19(30)20(31)18(29)22(27)33)21(32)26-8-13-15(24)6-12(23)7-16(13)25/h6-7,10-11,17,31H,3-5,8-9H2,1-2H3,(H,26,32)/t11-,17-/m0/s1. The fourth-order valence-corrected chi connectivity index (χ4v) is 5.19. The molecule has 0 aliphatic carbocycles. The van der Waals surface area contributed by atoms with Gasteiger partial charge in [-0.1, -0.05) is 6.92 Å². The predicted molar refractivity (Wildman–Crippen MR) is 125 cm³/mol. The summed E-state index contributed by atoms with van der Waals surface area (Å²) in [5.74, 6) is -3.36. The number of nitrogens with one attached hydrogen (secondary N) is 1. The van der Waals surface area contributed by atoms with Crippen molar-refractivity contribution in [3.8, 4) is 5.75 Å². The summed E-state index contributed by atoms with van der Waals surface area (Å²) in [5, 5.41) is 15.0. The summed E-state index contributed by atoms with van der Waals surface area (Å²) in [6.45, 7) is 4.60. The number of hydrogen-bond acceptors (Lipinski definition) is 5. The van der Waals surface area contributed by atoms with E-state index in [0.717, 1.165) is 18.9 Å². The van der Waals surface area contributed by atoms with Crippen molar-refractivity contribution in [3.63, 3.8) is 0 Å². The lowest BCUT2D eigenvalue weighted by Crippen LogP contribution is -2.64. The zero-order valence-corrected chi connectivity index (χ0v) is 20.2. The molecule has 2 N–H and O–H groups in total. The molecule has 1 aromatic carbocycles. The maximum Gasteiger partial charge on any atom is 0.278 e. The lowest BCUT2D eigenvalue weighted by Gasteiger charge is -2.50. The highest BCUT2D eigenvalue weighted by atomic mass is 127. The zero-order valence-electron chi connectivity index (χ0n) is 18.1. The molecule has 176 valence electrons. The van der Waals surface area contributed by atoms with Crippen LogP contribution in [0.25, 0.3) is 0 Å². The topological polar surface area (TPSA) is 94.9 Å². The summed E-state index contributed by atoms with van der Waals surface area (Å²) in [7, 11) is 0. The maximum atomic E-state index is 14.1. The third kappa shape index (κ3) is 4.06. The van der Waals surface area contributed by atoms with Gasteiger partial charge in [-0.05, 0) is 54.3 Å². The molecule has 0 unspecified atom stereocenters. The minimum Gasteiger partial charge on any atom is -0.502 e. The lowest BCUT2D eigenvalue weighted by atomic mass is 9.97. The van der Waals surface area contributed by atoms with Gasteiger partial charge in [-0.3, -0.25) is 24.1 Å². The second-order valence-electron chi connectivity index (χ2n) is 8.32. The molecule has 2 aromatic rings. The summed E-state index contributed by atoms with van der Waals surface area (Å²) >= 11 is 1.76. The number of carbonyl (C=O) groups excluding carboxylic acids is 2. The Morgan fingerprint density at radius 2 is 2.00 bits per heavy atom. The number of nitrogens with zero attached hydrogens (tertiary/aromatic N) is 3. The zero-order chi connectivity index (χ0) is 24.0. The van der Waals surface area contributed by atoms with E-state index in [4.69, 9.17) is 0 Å². The molecule has 0 saturated carbocycles. The first-order valence-electron chi connectivity index (χ1n) is 10.6. The summed E-state index contributed by atoms with van der Waals surface area (Å²) in [6.07, 6.45) is 2.65. The van der Waals surface area contributed by atoms with E-state index in [1.807, 2.05) is 11.9 Å². The van der Waals surface area contributed by atoms with Crippen LogP contribution in [0.3, 0.4) is 0 Å². The lowest BCUT2D eigenvalue weighted by molar-refractivity contribution is 0.0507. The fraction of sp³-hybridized carbons (Fsp3) is 0.409. The molecule has 0 spiro atoms. The van der Waals surface area contributed by atoms with Crippen LogP contribution in [-0.4, -0.2) is 45.8 Å². The van der Waals surface area contributed by atoms with E-state index in [0.29, 0.717) is 25.1 Å². The average molecular weight is 572 g/mol. The second kappa shape index (κ2) is 8.92. The number of rotatable bonds is 4. The van der Waals surface area contributed by atoms with Gasteiger partial charge < -0.3 is 15.3 Å². The first-order chi connectivity index (χ1) is 15.6. The normalized spacial score (nSPS) is 19.8. The number of fused-ring (bicyclic) bond motifs is 3. The van der Waals surface area contributed by atoms with Crippen LogP contribution in [0.15, 0.2) is 23.1 Å². The number of hydrogen-bond donors (Lipinski definition) is 2. The monoisotopic (exact) mass is 572 g/mol. The van der Waals surface area contributed by atoms with Crippen molar-refractivity contribution in [1.82, 2.24) is 14.9 Å². The van der Waals surface area contributed by atoms with Gasteiger partial charge in [0.15, 0.2) is 11.4 Å². The number of carbonyl (C=O) groups is 2. The van der Waals surface area contributed by atoms with Crippen molar-refractivity contribution in [2.24, 2.45) is 5.92 Å². The van der Waals surface area contributed by atoms with Gasteiger partial charge in [-0.15, -0.1) is 0 Å². The van der Waals surface area contributed by atoms with Gasteiger partial charge in [0.25, 0.3) is 11.8 Å². The molecule has 2 aliphatic heterocycles. The first kappa shape index (κ1) is 23.5. The number of amides is 2. The molecule has 3 heterocycles. The molecule has 2 aliphatic rings. The van der Waals surface area contributed by atoms with Crippen LogP contribution in [0.2, 0.25) is 0 Å². The van der Waals surface area contributed by atoms with E-state index in [2.05, 4.69) is 12.2 Å². The van der Waals surface area contributed by atoms with Crippen molar-refractivity contribution >= 4 is 34.4 Å². The largest absolute Gasteiger partial charge is 0.502 e. The Balaban J connectivity index is 1.71. The van der Waals surface area contributed by atoms with Crippen LogP contribution in [-0.2, 0) is 6.54 Å². The predicted octanol–water partition coefficient (Wildman–Crippen LogP) is 2.54. The number of pyridine rings is 1. The van der Waals surface area contributed by atoms with E-state index in [1.54, 1.807) is 27.5 Å². The second-order valence-corrected chi connectivity index (χ2v) is 9.48. The molecular formula is C22H23F2IN4O4. The van der Waals surface area contributed by atoms with Crippen LogP contribution in [0.4, 0.5) is 8.78 Å². The average Bonchev–Trinajstić information content (AvgIpc) is 2.75. The van der Waals surface area contributed by atoms with Crippen molar-refractivity contribution in [3.05, 3.63) is 60.6 Å². The molecule has 2 atom stereocenters. The first-order valence-corrected chi connectivity index (χ1v) is 11.7. The maximum absolute atomic E-state index is 14.1. The minimum atomic E-state index is -0.985. The van der Waals surface area contributed by atoms with Gasteiger partial charge in [-0.2, -0.15) is 0 Å². The summed E-state index contributed by atoms with van der Waals surface area (Å²) in [4.78, 5) is 40.3. The van der Waals surface area contributed by atoms with Crippen molar-refractivity contribution < 1.29 is 23.5 Å². The summed E-state index contributed by atoms with van der Waals surface area (Å²) < 4.78 is 29.1. The van der Waals surface area contributed by atoms with E-state index in [9.17, 15) is 28.3 Å². The van der Waals surface area contributed by atoms with Crippen molar-refractivity contribution in [2.75, 3.05) is 18.1 Å². The molecule has 33 heavy (non-hydrogen) atoms. The van der Waals surface area contributed by atoms with E-state index < -0.39 is 34.6 Å². The molecule has 8 nitrogen and oxygen atoms in total. The summed E-state index contributed by atoms with van der Waals surface area (Å²) in [5.41, 5.74) is -1.46. The molecule has 4 rings (SSSR count). The quantitative estimate of drug-likeness (QED) is 0.550. The van der Waals surface area contributed by atoms with Gasteiger partial charge in [0.05, 0.1) is 0 Å². The third-order valence-electron chi connectivity index (χ3n) is 6.14. The fourth-order valence-electron chi connectivity index (χ4n) is 4.45. The van der Waals surface area contributed by atoms with Gasteiger partial charge in [0.1, 0.15) is 23.4 Å². The van der Waals surface area contributed by atoms with Gasteiger partial charge in [0, 0.05) is 41.0 Å². The van der Waals surface area contributed by atoms with Crippen LogP contribution >= 0.6 is 22.6 Å². The summed E-state index contributed by atoms with van der Waals surface area (Å²) in [6, 6.07) is 1.85. The Labute approximate surface area is 202 Å². The third-order valence-corrected chi connectivity index (χ3v) is 7.10. The Morgan fingerprint density at radius 3 is 2.67 bits per heavy atom. The van der Waals surface area contributed by atoms with Crippen LogP contribution in [0.1, 0.15) is 53.1 Å². The number of benzene rings is 1. The highest BCUT2D eigenvalue weighted by Gasteiger charge is 2.42. The highest BCUT2D eigenvalue weighted by Crippen LogP contribution is 2.31. The van der Waals surface area contributed by atoms with Gasteiger partial charge in [-0.25, -0.2) is 8.78 Å². The highest BCUT2D eigenvalue weighted by molar-refractivity contribution is 14.1.